The van der Waals surface area contributed by atoms with E-state index in [0.717, 1.165) is 0 Å². The van der Waals surface area contributed by atoms with Gasteiger partial charge in [0, 0.05) is 53.4 Å². The van der Waals surface area contributed by atoms with Crippen LogP contribution in [0.3, 0.4) is 0 Å². The number of hydrogen-bond donors (Lipinski definition) is 9. The molecule has 0 aliphatic carbocycles. The molecule has 9 nitrogen and oxygen atoms in total. The standard InChI is InChI=1S/C24H29N3O6/c25-9-16-19(28)6-2-12(22(16)31)1-3-13(14-4-7-20(29)17(10-26)23(14)32)15-5-8-21(30)18(11-27)24(15)33/h2,4-8,13,28-33H,1,3,9-11,25-27H2. The number of aromatic hydroxyl groups is 6. The first-order valence-corrected chi connectivity index (χ1v) is 10.4. The van der Waals surface area contributed by atoms with E-state index in [9.17, 15) is 30.6 Å². The van der Waals surface area contributed by atoms with Crippen LogP contribution >= 0.6 is 0 Å². The Morgan fingerprint density at radius 2 is 0.939 bits per heavy atom. The maximum atomic E-state index is 10.8. The van der Waals surface area contributed by atoms with Crippen molar-refractivity contribution in [3.8, 4) is 34.5 Å². The van der Waals surface area contributed by atoms with Gasteiger partial charge in [-0.25, -0.2) is 0 Å². The Hall–Kier alpha value is -3.66. The van der Waals surface area contributed by atoms with Gasteiger partial charge in [-0.2, -0.15) is 0 Å². The Balaban J connectivity index is 2.12. The summed E-state index contributed by atoms with van der Waals surface area (Å²) in [5.74, 6) is -1.56. The van der Waals surface area contributed by atoms with Crippen LogP contribution < -0.4 is 17.2 Å². The highest BCUT2D eigenvalue weighted by atomic mass is 16.3. The molecule has 0 spiro atoms. The summed E-state index contributed by atoms with van der Waals surface area (Å²) < 4.78 is 0. The molecule has 0 bridgehead atoms. The average Bonchev–Trinajstić information content (AvgIpc) is 2.78. The van der Waals surface area contributed by atoms with E-state index in [-0.39, 0.29) is 70.8 Å². The molecule has 0 aliphatic heterocycles. The van der Waals surface area contributed by atoms with Crippen molar-refractivity contribution in [1.29, 1.82) is 0 Å². The van der Waals surface area contributed by atoms with Gasteiger partial charge < -0.3 is 47.8 Å². The van der Waals surface area contributed by atoms with Crippen molar-refractivity contribution < 1.29 is 30.6 Å². The topological polar surface area (TPSA) is 199 Å². The lowest BCUT2D eigenvalue weighted by Crippen LogP contribution is -2.09. The number of nitrogens with two attached hydrogens (primary N) is 3. The number of rotatable bonds is 8. The summed E-state index contributed by atoms with van der Waals surface area (Å²) in [4.78, 5) is 0. The molecule has 0 saturated carbocycles. The van der Waals surface area contributed by atoms with E-state index >= 15 is 0 Å². The Morgan fingerprint density at radius 3 is 1.36 bits per heavy atom. The predicted octanol–water partition coefficient (Wildman–Crippen LogP) is 2.06. The van der Waals surface area contributed by atoms with Crippen molar-refractivity contribution >= 4 is 0 Å². The third-order valence-corrected chi connectivity index (χ3v) is 5.99. The Bertz CT molecular complexity index is 1110. The van der Waals surface area contributed by atoms with E-state index in [1.165, 1.54) is 30.3 Å². The average molecular weight is 456 g/mol. The van der Waals surface area contributed by atoms with Crippen molar-refractivity contribution in [3.63, 3.8) is 0 Å². The normalized spacial score (nSPS) is 11.3. The number of phenols is 6. The van der Waals surface area contributed by atoms with Gasteiger partial charge in [0.1, 0.15) is 34.5 Å². The SMILES string of the molecule is NCc1c(O)ccc(CCC(c2ccc(O)c(CN)c2O)c2ccc(O)c(CN)c2O)c1O. The van der Waals surface area contributed by atoms with Gasteiger partial charge in [-0.15, -0.1) is 0 Å². The number of benzene rings is 3. The molecule has 0 aromatic heterocycles. The maximum absolute atomic E-state index is 10.8. The van der Waals surface area contributed by atoms with E-state index in [4.69, 9.17) is 17.2 Å². The van der Waals surface area contributed by atoms with Crippen molar-refractivity contribution in [1.82, 2.24) is 0 Å². The van der Waals surface area contributed by atoms with E-state index in [0.29, 0.717) is 29.5 Å². The highest BCUT2D eigenvalue weighted by Crippen LogP contribution is 2.45. The van der Waals surface area contributed by atoms with E-state index in [2.05, 4.69) is 0 Å². The third-order valence-electron chi connectivity index (χ3n) is 5.99. The fraction of sp³-hybridized carbons (Fsp3) is 0.250. The lowest BCUT2D eigenvalue weighted by molar-refractivity contribution is 0.422. The van der Waals surface area contributed by atoms with E-state index in [1.54, 1.807) is 6.07 Å². The third kappa shape index (κ3) is 4.47. The van der Waals surface area contributed by atoms with Gasteiger partial charge >= 0.3 is 0 Å². The quantitative estimate of drug-likeness (QED) is 0.244. The highest BCUT2D eigenvalue weighted by Gasteiger charge is 2.26. The van der Waals surface area contributed by atoms with Crippen LogP contribution in [-0.4, -0.2) is 30.6 Å². The van der Waals surface area contributed by atoms with Gasteiger partial charge in [-0.3, -0.25) is 0 Å². The molecule has 3 rings (SSSR count). The molecule has 33 heavy (non-hydrogen) atoms. The van der Waals surface area contributed by atoms with E-state index in [1.807, 2.05) is 0 Å². The van der Waals surface area contributed by atoms with Crippen LogP contribution in [0.2, 0.25) is 0 Å². The van der Waals surface area contributed by atoms with Crippen molar-refractivity contribution in [2.75, 3.05) is 0 Å². The summed E-state index contributed by atoms with van der Waals surface area (Å²) >= 11 is 0. The lowest BCUT2D eigenvalue weighted by Gasteiger charge is -2.23. The fourth-order valence-electron chi connectivity index (χ4n) is 4.11. The molecule has 0 unspecified atom stereocenters. The van der Waals surface area contributed by atoms with Crippen LogP contribution in [0.25, 0.3) is 0 Å². The monoisotopic (exact) mass is 455 g/mol. The fourth-order valence-corrected chi connectivity index (χ4v) is 4.11. The van der Waals surface area contributed by atoms with Crippen molar-refractivity contribution in [2.24, 2.45) is 17.2 Å². The van der Waals surface area contributed by atoms with Gasteiger partial charge in [0.15, 0.2) is 0 Å². The second-order valence-electron chi connectivity index (χ2n) is 7.78. The first-order valence-electron chi connectivity index (χ1n) is 10.4. The summed E-state index contributed by atoms with van der Waals surface area (Å²) in [6.45, 7) is -0.259. The first kappa shape index (κ1) is 24.0. The maximum Gasteiger partial charge on any atom is 0.127 e. The van der Waals surface area contributed by atoms with Crippen LogP contribution in [0.5, 0.6) is 34.5 Å². The van der Waals surface area contributed by atoms with Crippen LogP contribution in [-0.2, 0) is 26.1 Å². The highest BCUT2D eigenvalue weighted by molar-refractivity contribution is 5.57. The molecule has 0 fully saturated rings. The summed E-state index contributed by atoms with van der Waals surface area (Å²) in [7, 11) is 0. The van der Waals surface area contributed by atoms with Gasteiger partial charge in [0.05, 0.1) is 0 Å². The number of aryl methyl sites for hydroxylation is 1. The molecular formula is C24H29N3O6. The minimum Gasteiger partial charge on any atom is -0.507 e. The lowest BCUT2D eigenvalue weighted by atomic mass is 9.83. The molecule has 12 N–H and O–H groups in total. The minimum absolute atomic E-state index is 0.0494. The van der Waals surface area contributed by atoms with Gasteiger partial charge in [-0.05, 0) is 36.6 Å². The van der Waals surface area contributed by atoms with Crippen molar-refractivity contribution in [2.45, 2.75) is 38.4 Å². The molecule has 0 aliphatic rings. The van der Waals surface area contributed by atoms with Gasteiger partial charge in [0.2, 0.25) is 0 Å². The summed E-state index contributed by atoms with van der Waals surface area (Å²) in [5.41, 5.74) is 18.9. The zero-order chi connectivity index (χ0) is 24.3. The van der Waals surface area contributed by atoms with Crippen molar-refractivity contribution in [3.05, 3.63) is 69.8 Å². The van der Waals surface area contributed by atoms with Gasteiger partial charge in [0.25, 0.3) is 0 Å². The molecular weight excluding hydrogens is 426 g/mol. The summed E-state index contributed by atoms with van der Waals surface area (Å²) in [6.07, 6.45) is 0.591. The molecule has 0 heterocycles. The smallest absolute Gasteiger partial charge is 0.127 e. The van der Waals surface area contributed by atoms with Crippen LogP contribution in [0.4, 0.5) is 0 Å². The molecule has 0 amide bonds. The molecule has 9 heteroatoms. The summed E-state index contributed by atoms with van der Waals surface area (Å²) in [6, 6.07) is 8.91. The molecule has 176 valence electrons. The predicted molar refractivity (Wildman–Crippen MR) is 123 cm³/mol. The molecule has 0 radical (unpaired) electrons. The number of phenolic OH excluding ortho intramolecular Hbond substituents is 6. The van der Waals surface area contributed by atoms with Crippen LogP contribution in [0, 0.1) is 0 Å². The Labute approximate surface area is 191 Å². The zero-order valence-electron chi connectivity index (χ0n) is 18.0. The van der Waals surface area contributed by atoms with Crippen LogP contribution in [0.15, 0.2) is 36.4 Å². The Kier molecular flexibility index (Phi) is 7.17. The Morgan fingerprint density at radius 1 is 0.545 bits per heavy atom. The number of hydrogen-bond acceptors (Lipinski definition) is 9. The molecule has 3 aromatic rings. The molecule has 0 saturated heterocycles. The largest absolute Gasteiger partial charge is 0.507 e. The molecule has 0 atom stereocenters. The zero-order valence-corrected chi connectivity index (χ0v) is 18.0. The van der Waals surface area contributed by atoms with Crippen LogP contribution in [0.1, 0.15) is 45.7 Å². The summed E-state index contributed by atoms with van der Waals surface area (Å²) in [5, 5.41) is 62.3. The first-order chi connectivity index (χ1) is 15.7. The molecule has 3 aromatic carbocycles. The second kappa shape index (κ2) is 9.86. The van der Waals surface area contributed by atoms with Gasteiger partial charge in [-0.1, -0.05) is 18.2 Å². The second-order valence-corrected chi connectivity index (χ2v) is 7.78. The van der Waals surface area contributed by atoms with E-state index < -0.39 is 5.92 Å². The minimum atomic E-state index is -0.615.